The molecule has 3 heteroatoms. The van der Waals surface area contributed by atoms with Gasteiger partial charge in [-0.05, 0) is 18.9 Å². The molecule has 1 atom stereocenters. The molecule has 0 fully saturated rings. The first-order valence-electron chi connectivity index (χ1n) is 4.93. The highest BCUT2D eigenvalue weighted by atomic mass is 79.9. The van der Waals surface area contributed by atoms with Gasteiger partial charge in [-0.15, -0.1) is 0 Å². The standard InChI is InChI=1S/C12H15BrO2/c1-10(14)9-15-12(8-13)7-11-5-3-2-4-6-11/h2-6,12H,7-9H2,1H3. The van der Waals surface area contributed by atoms with E-state index in [9.17, 15) is 4.79 Å². The first-order valence-corrected chi connectivity index (χ1v) is 6.05. The monoisotopic (exact) mass is 270 g/mol. The minimum atomic E-state index is 0.0639. The van der Waals surface area contributed by atoms with Gasteiger partial charge in [0.1, 0.15) is 6.61 Å². The number of alkyl halides is 1. The zero-order valence-electron chi connectivity index (χ0n) is 8.78. The van der Waals surface area contributed by atoms with Crippen molar-refractivity contribution in [3.63, 3.8) is 0 Å². The molecule has 0 heterocycles. The number of ether oxygens (including phenoxy) is 1. The predicted molar refractivity (Wildman–Crippen MR) is 64.4 cm³/mol. The third-order valence-corrected chi connectivity index (χ3v) is 2.72. The summed E-state index contributed by atoms with van der Waals surface area (Å²) in [6, 6.07) is 10.1. The number of carbonyl (C=O) groups excluding carboxylic acids is 1. The first kappa shape index (κ1) is 12.4. The van der Waals surface area contributed by atoms with E-state index in [0.29, 0.717) is 0 Å². The molecule has 1 aromatic rings. The molecular formula is C12H15BrO2. The maximum absolute atomic E-state index is 10.8. The molecule has 1 unspecified atom stereocenters. The molecule has 0 aromatic heterocycles. The van der Waals surface area contributed by atoms with E-state index < -0.39 is 0 Å². The van der Waals surface area contributed by atoms with E-state index in [1.165, 1.54) is 12.5 Å². The lowest BCUT2D eigenvalue weighted by atomic mass is 10.1. The van der Waals surface area contributed by atoms with Crippen LogP contribution in [0.2, 0.25) is 0 Å². The molecule has 1 aromatic carbocycles. The van der Waals surface area contributed by atoms with E-state index in [4.69, 9.17) is 4.74 Å². The van der Waals surface area contributed by atoms with Crippen molar-refractivity contribution in [2.75, 3.05) is 11.9 Å². The van der Waals surface area contributed by atoms with Crippen LogP contribution in [0.1, 0.15) is 12.5 Å². The summed E-state index contributed by atoms with van der Waals surface area (Å²) in [5, 5.41) is 0.745. The molecule has 0 aliphatic carbocycles. The number of rotatable bonds is 6. The number of hydrogen-bond acceptors (Lipinski definition) is 2. The van der Waals surface area contributed by atoms with E-state index in [1.807, 2.05) is 18.2 Å². The highest BCUT2D eigenvalue weighted by Crippen LogP contribution is 2.08. The van der Waals surface area contributed by atoms with Crippen LogP contribution in [0.3, 0.4) is 0 Å². The highest BCUT2D eigenvalue weighted by Gasteiger charge is 2.09. The fourth-order valence-corrected chi connectivity index (χ4v) is 1.69. The fourth-order valence-electron chi connectivity index (χ4n) is 1.27. The van der Waals surface area contributed by atoms with Gasteiger partial charge >= 0.3 is 0 Å². The Bertz CT molecular complexity index is 298. The van der Waals surface area contributed by atoms with E-state index in [1.54, 1.807) is 0 Å². The summed E-state index contributed by atoms with van der Waals surface area (Å²) < 4.78 is 5.46. The molecule has 0 aliphatic rings. The van der Waals surface area contributed by atoms with Gasteiger partial charge in [-0.3, -0.25) is 4.79 Å². The lowest BCUT2D eigenvalue weighted by Crippen LogP contribution is -2.21. The largest absolute Gasteiger partial charge is 0.369 e. The number of ketones is 1. The first-order chi connectivity index (χ1) is 7.22. The molecule has 2 nitrogen and oxygen atoms in total. The lowest BCUT2D eigenvalue weighted by molar-refractivity contribution is -0.122. The minimum Gasteiger partial charge on any atom is -0.369 e. The van der Waals surface area contributed by atoms with Gasteiger partial charge in [0.05, 0.1) is 6.10 Å². The Balaban J connectivity index is 2.43. The Morgan fingerprint density at radius 1 is 1.40 bits per heavy atom. The SMILES string of the molecule is CC(=O)COC(CBr)Cc1ccccc1. The molecular weight excluding hydrogens is 256 g/mol. The smallest absolute Gasteiger partial charge is 0.155 e. The normalized spacial score (nSPS) is 12.4. The molecule has 15 heavy (non-hydrogen) atoms. The van der Waals surface area contributed by atoms with Crippen LogP contribution in [0.4, 0.5) is 0 Å². The summed E-state index contributed by atoms with van der Waals surface area (Å²) in [4.78, 5) is 10.8. The van der Waals surface area contributed by atoms with Gasteiger partial charge in [-0.2, -0.15) is 0 Å². The van der Waals surface area contributed by atoms with Crippen LogP contribution in [0, 0.1) is 0 Å². The Hall–Kier alpha value is -0.670. The Morgan fingerprint density at radius 2 is 2.07 bits per heavy atom. The van der Waals surface area contributed by atoms with Crippen molar-refractivity contribution < 1.29 is 9.53 Å². The molecule has 1 rings (SSSR count). The van der Waals surface area contributed by atoms with E-state index in [-0.39, 0.29) is 18.5 Å². The van der Waals surface area contributed by atoms with Crippen molar-refractivity contribution in [3.8, 4) is 0 Å². The third kappa shape index (κ3) is 5.09. The van der Waals surface area contributed by atoms with Crippen molar-refractivity contribution in [1.82, 2.24) is 0 Å². The maximum atomic E-state index is 10.8. The summed E-state index contributed by atoms with van der Waals surface area (Å²) in [7, 11) is 0. The van der Waals surface area contributed by atoms with Gasteiger partial charge in [-0.25, -0.2) is 0 Å². The molecule has 0 aliphatic heterocycles. The van der Waals surface area contributed by atoms with Crippen LogP contribution in [0.25, 0.3) is 0 Å². The van der Waals surface area contributed by atoms with Crippen LogP contribution >= 0.6 is 15.9 Å². The molecule has 0 radical (unpaired) electrons. The van der Waals surface area contributed by atoms with E-state index >= 15 is 0 Å². The van der Waals surface area contributed by atoms with Crippen molar-refractivity contribution in [2.45, 2.75) is 19.4 Å². The number of benzene rings is 1. The van der Waals surface area contributed by atoms with Gasteiger partial charge in [0.2, 0.25) is 0 Å². The Kier molecular flexibility index (Phi) is 5.58. The predicted octanol–water partition coefficient (Wildman–Crippen LogP) is 2.60. The van der Waals surface area contributed by atoms with Gasteiger partial charge < -0.3 is 4.74 Å². The molecule has 0 spiro atoms. The topological polar surface area (TPSA) is 26.3 Å². The number of halogens is 1. The summed E-state index contributed by atoms with van der Waals surface area (Å²) in [6.07, 6.45) is 0.899. The number of carbonyl (C=O) groups is 1. The average molecular weight is 271 g/mol. The zero-order chi connectivity index (χ0) is 11.1. The van der Waals surface area contributed by atoms with Gasteiger partial charge in [0.25, 0.3) is 0 Å². The van der Waals surface area contributed by atoms with E-state index in [0.717, 1.165) is 11.8 Å². The van der Waals surface area contributed by atoms with Crippen molar-refractivity contribution in [2.24, 2.45) is 0 Å². The van der Waals surface area contributed by atoms with Crippen LogP contribution in [0.15, 0.2) is 30.3 Å². The fraction of sp³-hybridized carbons (Fsp3) is 0.417. The number of hydrogen-bond donors (Lipinski definition) is 0. The zero-order valence-corrected chi connectivity index (χ0v) is 10.4. The summed E-state index contributed by atoms with van der Waals surface area (Å²) in [6.45, 7) is 1.73. The summed E-state index contributed by atoms with van der Waals surface area (Å²) in [5.74, 6) is 0.0639. The second kappa shape index (κ2) is 6.75. The Morgan fingerprint density at radius 3 is 2.60 bits per heavy atom. The average Bonchev–Trinajstić information content (AvgIpc) is 2.25. The molecule has 0 bridgehead atoms. The van der Waals surface area contributed by atoms with Gasteiger partial charge in [0, 0.05) is 5.33 Å². The number of Topliss-reactive ketones (excluding diaryl/α,β-unsaturated/α-hetero) is 1. The van der Waals surface area contributed by atoms with Gasteiger partial charge in [0.15, 0.2) is 5.78 Å². The quantitative estimate of drug-likeness (QED) is 0.743. The molecule has 0 amide bonds. The van der Waals surface area contributed by atoms with Crippen molar-refractivity contribution in [1.29, 1.82) is 0 Å². The third-order valence-electron chi connectivity index (χ3n) is 2.00. The molecule has 0 saturated carbocycles. The van der Waals surface area contributed by atoms with E-state index in [2.05, 4.69) is 28.1 Å². The Labute approximate surface area is 98.8 Å². The minimum absolute atomic E-state index is 0.0639. The second-order valence-electron chi connectivity index (χ2n) is 3.48. The molecule has 0 saturated heterocycles. The van der Waals surface area contributed by atoms with Crippen molar-refractivity contribution in [3.05, 3.63) is 35.9 Å². The summed E-state index contributed by atoms with van der Waals surface area (Å²) in [5.41, 5.74) is 1.23. The van der Waals surface area contributed by atoms with Gasteiger partial charge in [-0.1, -0.05) is 46.3 Å². The van der Waals surface area contributed by atoms with Crippen LogP contribution in [-0.4, -0.2) is 23.8 Å². The summed E-state index contributed by atoms with van der Waals surface area (Å²) >= 11 is 3.39. The molecule has 0 N–H and O–H groups in total. The lowest BCUT2D eigenvalue weighted by Gasteiger charge is -2.14. The van der Waals surface area contributed by atoms with Crippen LogP contribution < -0.4 is 0 Å². The van der Waals surface area contributed by atoms with Crippen LogP contribution in [0.5, 0.6) is 0 Å². The highest BCUT2D eigenvalue weighted by molar-refractivity contribution is 9.09. The molecule has 82 valence electrons. The maximum Gasteiger partial charge on any atom is 0.155 e. The van der Waals surface area contributed by atoms with Crippen LogP contribution in [-0.2, 0) is 16.0 Å². The van der Waals surface area contributed by atoms with Crippen molar-refractivity contribution >= 4 is 21.7 Å². The second-order valence-corrected chi connectivity index (χ2v) is 4.13.